The van der Waals surface area contributed by atoms with Crippen molar-refractivity contribution in [2.45, 2.75) is 125 Å². The highest BCUT2D eigenvalue weighted by atomic mass is 35.5. The Morgan fingerprint density at radius 2 is 1.06 bits per heavy atom. The van der Waals surface area contributed by atoms with Crippen molar-refractivity contribution in [1.29, 1.82) is 0 Å². The molecular formula is C97H113ClF2N18O15S7. The predicted octanol–water partition coefficient (Wildman–Crippen LogP) is 17.0. The van der Waals surface area contributed by atoms with E-state index in [1.165, 1.54) is 110 Å². The number of piperazine rings is 3. The molecule has 744 valence electrons. The van der Waals surface area contributed by atoms with E-state index in [2.05, 4.69) is 59.8 Å². The number of benzene rings is 8. The van der Waals surface area contributed by atoms with Crippen LogP contribution in [0, 0.1) is 46.3 Å². The van der Waals surface area contributed by atoms with Gasteiger partial charge in [-0.15, -0.1) is 34.0 Å². The monoisotopic (exact) mass is 2070 g/mol. The lowest BCUT2D eigenvalue weighted by Crippen LogP contribution is -2.55. The number of fused-ring (bicyclic) bond motifs is 3. The van der Waals surface area contributed by atoms with Gasteiger partial charge in [0.05, 0.1) is 30.8 Å². The molecule has 14 aromatic rings. The Balaban J connectivity index is 0.000000197. The van der Waals surface area contributed by atoms with Crippen LogP contribution in [0.15, 0.2) is 247 Å². The number of hydrogen-bond acceptors (Lipinski definition) is 25. The lowest BCUT2D eigenvalue weighted by molar-refractivity contribution is -0.139. The normalized spacial score (nSPS) is 16.3. The lowest BCUT2D eigenvalue weighted by atomic mass is 10.00. The molecule has 2 unspecified atom stereocenters. The molecule has 4 atom stereocenters. The van der Waals surface area contributed by atoms with E-state index >= 15 is 0 Å². The molecule has 11 heterocycles. The SMILES string of the molecule is CC(C(=O)N1CCN(c2ccc(S(=O)(=O)Nc3nccs3)cc2)C(=O)C1)n1ccc2ccc(F)cc21.Cc1cc(C)cc(OC2CCN(c3ccc(S(=O)(=O)Nc4nccs4)cc3)C2=O)c1.Cc1cc2cc(F)ccc2n1CC(=O)N1CCN(c2ccc(S(=O)(=O)Nc3nccs3)cc2)C[C@H]1C.Cc1noc(NS(=O)(=O)c2ccc(N3CCN(C(=O)[C@@H](C)N4CCCc5cc(Cl)ccc54)CC3)cc2)c1C.[HH].[HH].[HH].[HH].[HH].[HH]. The number of amides is 5. The van der Waals surface area contributed by atoms with Crippen molar-refractivity contribution in [2.75, 3.05) is 122 Å². The maximum absolute atomic E-state index is 13.7. The van der Waals surface area contributed by atoms with Gasteiger partial charge in [0.15, 0.2) is 21.5 Å². The molecule has 0 bridgehead atoms. The number of aromatic nitrogens is 6. The molecule has 43 heteroatoms. The first-order chi connectivity index (χ1) is 66.9. The van der Waals surface area contributed by atoms with E-state index in [0.29, 0.717) is 109 Å². The Morgan fingerprint density at radius 1 is 0.536 bits per heavy atom. The first kappa shape index (κ1) is 99.6. The fourth-order valence-electron chi connectivity index (χ4n) is 17.4. The van der Waals surface area contributed by atoms with Crippen LogP contribution in [0.25, 0.3) is 21.8 Å². The van der Waals surface area contributed by atoms with Gasteiger partial charge in [-0.2, -0.15) is 0 Å². The average molecular weight is 2070 g/mol. The number of carbonyl (C=O) groups excluding carboxylic acids is 5. The summed E-state index contributed by atoms with van der Waals surface area (Å²) in [6.45, 7) is 21.5. The van der Waals surface area contributed by atoms with Crippen molar-refractivity contribution in [3.05, 3.63) is 273 Å². The molecule has 5 aliphatic rings. The summed E-state index contributed by atoms with van der Waals surface area (Å²) >= 11 is 9.78. The highest BCUT2D eigenvalue weighted by Gasteiger charge is 2.38. The summed E-state index contributed by atoms with van der Waals surface area (Å²) < 4.78 is 153. The third-order valence-electron chi connectivity index (χ3n) is 24.8. The molecule has 4 saturated heterocycles. The number of anilines is 9. The molecule has 4 fully saturated rings. The van der Waals surface area contributed by atoms with Crippen molar-refractivity contribution in [3.8, 4) is 5.75 Å². The van der Waals surface area contributed by atoms with Crippen LogP contribution in [-0.4, -0.2) is 204 Å². The molecule has 0 radical (unpaired) electrons. The maximum Gasteiger partial charge on any atom is 0.268 e. The predicted molar refractivity (Wildman–Crippen MR) is 552 cm³/mol. The minimum absolute atomic E-state index is 0. The Bertz CT molecular complexity index is 7380. The molecule has 140 heavy (non-hydrogen) atoms. The molecule has 5 amide bonds. The average Bonchev–Trinajstić information content (AvgIpc) is 1.65. The van der Waals surface area contributed by atoms with Gasteiger partial charge in [0.25, 0.3) is 46.0 Å². The summed E-state index contributed by atoms with van der Waals surface area (Å²) in [7, 11) is -15.0. The van der Waals surface area contributed by atoms with Crippen LogP contribution >= 0.6 is 45.6 Å². The van der Waals surface area contributed by atoms with E-state index in [0.717, 1.165) is 74.6 Å². The quantitative estimate of drug-likeness (QED) is 0.0436. The second-order valence-corrected chi connectivity index (χ2v) is 44.1. The first-order valence-corrected chi connectivity index (χ1v) is 53.8. The molecule has 0 spiro atoms. The van der Waals surface area contributed by atoms with Crippen LogP contribution in [0.5, 0.6) is 5.75 Å². The van der Waals surface area contributed by atoms with Crippen molar-refractivity contribution in [1.82, 2.24) is 43.9 Å². The highest BCUT2D eigenvalue weighted by Crippen LogP contribution is 2.36. The second kappa shape index (κ2) is 42.4. The summed E-state index contributed by atoms with van der Waals surface area (Å²) in [6, 6.07) is 49.3. The molecule has 6 aromatic heterocycles. The fraction of sp³-hybridized carbons (Fsp3) is 0.289. The highest BCUT2D eigenvalue weighted by molar-refractivity contribution is 7.93. The van der Waals surface area contributed by atoms with E-state index < -0.39 is 52.2 Å². The smallest absolute Gasteiger partial charge is 0.268 e. The van der Waals surface area contributed by atoms with E-state index in [4.69, 9.17) is 20.9 Å². The summed E-state index contributed by atoms with van der Waals surface area (Å²) in [5.41, 5.74) is 11.1. The molecule has 0 aliphatic carbocycles. The van der Waals surface area contributed by atoms with Crippen LogP contribution in [0.3, 0.4) is 0 Å². The standard InChI is InChI=1S/C27H32ClN5O4S.C25H26FN5O3S2.C24H22FN5O4S2.C21H21N3O4S2.6H2/c1-18-19(2)29-37-26(18)30-38(35,36)24-9-7-23(8-10-24)31-13-15-32(16-14-31)27(34)20(3)33-12-4-5-21-17-22(28)6-11-25(21)33;1-17-13-19-14-20(26)3-8-23(19)31(17)16-24(32)30-11-10-29(15-18(30)2)21-4-6-22(7-5-21)36(33,34)28-25-27-9-12-35-25;1-16(29-10-8-17-2-3-18(25)14-21(17)29)23(32)28-11-12-30(22(31)15-28)19-4-6-20(7-5-19)36(33,34)27-24-26-9-13-35-24;1-14-11-15(2)13-17(12-14)28-19-7-9-24(20(19)25)16-3-5-18(6-4-16)30(26,27)23-21-22-8-10-29-21;;;;;;/h6-11,17,20,30H,4-5,12-16H2,1-3H3;3-9,12-14,18H,10-11,15-16H2,1-2H3,(H,27,28);2-10,13-14,16H,11-12,15H2,1H3,(H,26,27);3-6,8,10-13,19H,7,9H2,1-2H3,(H,22,23);6*1H/t20-;18-;;;;;;;;/m11......../s1. The van der Waals surface area contributed by atoms with E-state index in [1.54, 1.807) is 144 Å². The minimum atomic E-state index is -3.80. The summed E-state index contributed by atoms with van der Waals surface area (Å²) in [5.74, 6) is -0.381. The number of hydrogen-bond donors (Lipinski definition) is 4. The second-order valence-electron chi connectivity index (χ2n) is 34.3. The molecule has 33 nitrogen and oxygen atoms in total. The molecule has 5 aliphatic heterocycles. The zero-order valence-electron chi connectivity index (χ0n) is 77.4. The largest absolute Gasteiger partial charge is 0.480 e. The third-order valence-corrected chi connectivity index (χ3v) is 32.9. The van der Waals surface area contributed by atoms with Crippen molar-refractivity contribution >= 4 is 187 Å². The first-order valence-electron chi connectivity index (χ1n) is 44.8. The van der Waals surface area contributed by atoms with Crippen LogP contribution in [-0.2, 0) is 77.0 Å². The minimum Gasteiger partial charge on any atom is -0.480 e. The summed E-state index contributed by atoms with van der Waals surface area (Å²) in [4.78, 5) is 92.7. The van der Waals surface area contributed by atoms with Crippen molar-refractivity contribution in [2.24, 2.45) is 0 Å². The Labute approximate surface area is 835 Å². The van der Waals surface area contributed by atoms with E-state index in [-0.39, 0.29) is 112 Å². The van der Waals surface area contributed by atoms with Crippen molar-refractivity contribution in [3.63, 3.8) is 0 Å². The van der Waals surface area contributed by atoms with Gasteiger partial charge in [0, 0.05) is 190 Å². The zero-order valence-corrected chi connectivity index (χ0v) is 83.8. The molecule has 8 aromatic carbocycles. The lowest BCUT2D eigenvalue weighted by Gasteiger charge is -2.41. The number of halogens is 3. The van der Waals surface area contributed by atoms with Gasteiger partial charge in [0.1, 0.15) is 42.6 Å². The Morgan fingerprint density at radius 3 is 1.60 bits per heavy atom. The molecular weight excluding hydrogens is 1960 g/mol. The Hall–Kier alpha value is -13.4. The number of rotatable bonds is 24. The van der Waals surface area contributed by atoms with Gasteiger partial charge in [-0.1, -0.05) is 22.8 Å². The van der Waals surface area contributed by atoms with Crippen LogP contribution in [0.2, 0.25) is 5.02 Å². The topological polar surface area (TPSA) is 380 Å². The van der Waals surface area contributed by atoms with Crippen LogP contribution < -0.4 is 48.1 Å². The third kappa shape index (κ3) is 23.0. The number of sulfonamides is 4. The van der Waals surface area contributed by atoms with Crippen LogP contribution in [0.1, 0.15) is 81.9 Å². The van der Waals surface area contributed by atoms with Gasteiger partial charge in [-0.05, 0) is 266 Å². The van der Waals surface area contributed by atoms with Gasteiger partial charge < -0.3 is 57.6 Å². The number of nitrogens with one attached hydrogen (secondary N) is 4. The number of carbonyl (C=O) groups is 5. The number of thiazole rings is 3. The van der Waals surface area contributed by atoms with Gasteiger partial charge >= 0.3 is 0 Å². The number of nitrogens with zero attached hydrogens (tertiary/aromatic N) is 14. The van der Waals surface area contributed by atoms with E-state index in [9.17, 15) is 66.4 Å². The van der Waals surface area contributed by atoms with Crippen molar-refractivity contribution < 1.29 is 84.2 Å². The number of ether oxygens (including phenoxy) is 1. The van der Waals surface area contributed by atoms with Gasteiger partial charge in [-0.3, -0.25) is 38.1 Å². The molecule has 4 N–H and O–H groups in total. The van der Waals surface area contributed by atoms with Gasteiger partial charge in [0.2, 0.25) is 29.5 Å². The molecule has 19 rings (SSSR count). The molecule has 0 saturated carbocycles. The van der Waals surface area contributed by atoms with Crippen LogP contribution in [0.4, 0.5) is 58.5 Å². The Kier molecular flexibility index (Phi) is 30.2. The van der Waals surface area contributed by atoms with E-state index in [1.807, 2.05) is 91.5 Å². The summed E-state index contributed by atoms with van der Waals surface area (Å²) in [6.07, 6.45) is 8.30. The summed E-state index contributed by atoms with van der Waals surface area (Å²) in [5, 5.41) is 12.1. The number of aryl methyl sites for hydroxylation is 5. The fourth-order valence-corrected chi connectivity index (χ4v) is 24.0. The zero-order chi connectivity index (χ0) is 99.2. The maximum atomic E-state index is 13.7. The van der Waals surface area contributed by atoms with Gasteiger partial charge in [-0.25, -0.2) is 62.1 Å².